The van der Waals surface area contributed by atoms with E-state index in [1.54, 1.807) is 12.3 Å². The first-order chi connectivity index (χ1) is 9.42. The third-order valence-electron chi connectivity index (χ3n) is 2.34. The van der Waals surface area contributed by atoms with Gasteiger partial charge in [-0.05, 0) is 62.1 Å². The van der Waals surface area contributed by atoms with Gasteiger partial charge in [-0.2, -0.15) is 0 Å². The van der Waals surface area contributed by atoms with Gasteiger partial charge in [-0.3, -0.25) is 0 Å². The maximum atomic E-state index is 9.34. The van der Waals surface area contributed by atoms with Gasteiger partial charge in [0.15, 0.2) is 0 Å². The Morgan fingerprint density at radius 3 is 2.45 bits per heavy atom. The molecule has 0 aromatic carbocycles. The summed E-state index contributed by atoms with van der Waals surface area (Å²) >= 11 is 9.88. The molecule has 2 N–H and O–H groups in total. The monoisotopic (exact) mass is 464 g/mol. The topological polar surface area (TPSA) is 45.1 Å². The minimum Gasteiger partial charge on any atom is -0.507 e. The van der Waals surface area contributed by atoms with E-state index in [2.05, 4.69) is 58.1 Å². The number of aromatic nitrogens is 1. The SMILES string of the molecule is CC1C=C(Br)C=C(Br)C(O)=C1.CNc1ccc(Br)cn1. The largest absolute Gasteiger partial charge is 0.507 e. The summed E-state index contributed by atoms with van der Waals surface area (Å²) in [6.45, 7) is 2.01. The van der Waals surface area contributed by atoms with Crippen molar-refractivity contribution in [2.75, 3.05) is 12.4 Å². The van der Waals surface area contributed by atoms with Gasteiger partial charge in [-0.15, -0.1) is 0 Å². The average Bonchev–Trinajstić information content (AvgIpc) is 2.49. The van der Waals surface area contributed by atoms with E-state index in [0.29, 0.717) is 10.2 Å². The third-order valence-corrected chi connectivity index (χ3v) is 3.93. The first kappa shape index (κ1) is 17.5. The number of nitrogens with one attached hydrogen (secondary N) is 1. The highest BCUT2D eigenvalue weighted by molar-refractivity contribution is 9.12. The predicted octanol–water partition coefficient (Wildman–Crippen LogP) is 5.52. The molecule has 2 rings (SSSR count). The Morgan fingerprint density at radius 2 is 1.90 bits per heavy atom. The van der Waals surface area contributed by atoms with Crippen LogP contribution in [0.15, 0.2) is 55.8 Å². The molecule has 0 spiro atoms. The first-order valence-corrected chi connectivity index (χ1v) is 8.25. The summed E-state index contributed by atoms with van der Waals surface area (Å²) in [6, 6.07) is 3.85. The Morgan fingerprint density at radius 1 is 1.20 bits per heavy atom. The quantitative estimate of drug-likeness (QED) is 0.572. The van der Waals surface area contributed by atoms with Crippen molar-refractivity contribution >= 4 is 53.6 Å². The van der Waals surface area contributed by atoms with Gasteiger partial charge in [0.1, 0.15) is 11.6 Å². The summed E-state index contributed by atoms with van der Waals surface area (Å²) in [6.07, 6.45) is 7.39. The standard InChI is InChI=1S/C8H8Br2O.C6H7BrN2/c1-5-2-6(9)4-7(10)8(11)3-5;1-8-6-3-2-5(7)4-9-6/h2-5,11H,1H3;2-4H,1H3,(H,8,9). The number of anilines is 1. The highest BCUT2D eigenvalue weighted by Gasteiger charge is 2.06. The van der Waals surface area contributed by atoms with Crippen molar-refractivity contribution in [3.05, 3.63) is 55.8 Å². The van der Waals surface area contributed by atoms with Gasteiger partial charge in [0.25, 0.3) is 0 Å². The summed E-state index contributed by atoms with van der Waals surface area (Å²) < 4.78 is 2.70. The molecule has 108 valence electrons. The summed E-state index contributed by atoms with van der Waals surface area (Å²) in [7, 11) is 1.84. The van der Waals surface area contributed by atoms with Crippen LogP contribution in [-0.2, 0) is 0 Å². The fourth-order valence-corrected chi connectivity index (χ4v) is 2.96. The van der Waals surface area contributed by atoms with E-state index in [4.69, 9.17) is 0 Å². The van der Waals surface area contributed by atoms with Crippen molar-refractivity contribution < 1.29 is 5.11 Å². The molecular formula is C14H15Br3N2O. The number of hydrogen-bond donors (Lipinski definition) is 2. The van der Waals surface area contributed by atoms with Gasteiger partial charge in [0.05, 0.1) is 4.48 Å². The summed E-state index contributed by atoms with van der Waals surface area (Å²) in [5.41, 5.74) is 0. The van der Waals surface area contributed by atoms with E-state index >= 15 is 0 Å². The lowest BCUT2D eigenvalue weighted by atomic mass is 10.1. The maximum Gasteiger partial charge on any atom is 0.126 e. The Hall–Kier alpha value is -0.590. The van der Waals surface area contributed by atoms with Crippen molar-refractivity contribution in [2.45, 2.75) is 6.92 Å². The number of aliphatic hydroxyl groups excluding tert-OH is 1. The van der Waals surface area contributed by atoms with E-state index < -0.39 is 0 Å². The van der Waals surface area contributed by atoms with Gasteiger partial charge in [0, 0.05) is 22.2 Å². The van der Waals surface area contributed by atoms with Gasteiger partial charge in [0.2, 0.25) is 0 Å². The minimum absolute atomic E-state index is 0.260. The molecule has 1 heterocycles. The molecule has 1 aromatic rings. The smallest absolute Gasteiger partial charge is 0.126 e. The number of rotatable bonds is 1. The molecule has 6 heteroatoms. The second kappa shape index (κ2) is 8.64. The number of nitrogens with zero attached hydrogens (tertiary/aromatic N) is 1. The normalized spacial score (nSPS) is 17.9. The molecule has 0 saturated heterocycles. The second-order valence-corrected chi connectivity index (χ2v) is 6.75. The lowest BCUT2D eigenvalue weighted by molar-refractivity contribution is 0.426. The maximum absolute atomic E-state index is 9.34. The van der Waals surface area contributed by atoms with Crippen LogP contribution in [-0.4, -0.2) is 17.1 Å². The Balaban J connectivity index is 0.000000204. The van der Waals surface area contributed by atoms with E-state index in [1.165, 1.54) is 0 Å². The van der Waals surface area contributed by atoms with Crippen molar-refractivity contribution in [1.82, 2.24) is 4.98 Å². The van der Waals surface area contributed by atoms with Crippen LogP contribution in [0.3, 0.4) is 0 Å². The lowest BCUT2D eigenvalue weighted by Crippen LogP contribution is -1.89. The van der Waals surface area contributed by atoms with Gasteiger partial charge in [-0.1, -0.05) is 28.9 Å². The van der Waals surface area contributed by atoms with Crippen LogP contribution in [0.4, 0.5) is 5.82 Å². The Bertz CT molecular complexity index is 536. The van der Waals surface area contributed by atoms with Crippen molar-refractivity contribution in [1.29, 1.82) is 0 Å². The molecule has 0 fully saturated rings. The van der Waals surface area contributed by atoms with Crippen LogP contribution in [0.5, 0.6) is 0 Å². The van der Waals surface area contributed by atoms with Gasteiger partial charge >= 0.3 is 0 Å². The van der Waals surface area contributed by atoms with Crippen molar-refractivity contribution in [3.63, 3.8) is 0 Å². The molecule has 20 heavy (non-hydrogen) atoms. The summed E-state index contributed by atoms with van der Waals surface area (Å²) in [5.74, 6) is 1.44. The number of aliphatic hydroxyl groups is 1. The fraction of sp³-hybridized carbons (Fsp3) is 0.214. The molecule has 1 atom stereocenters. The van der Waals surface area contributed by atoms with E-state index in [1.807, 2.05) is 38.3 Å². The molecule has 1 aromatic heterocycles. The lowest BCUT2D eigenvalue weighted by Gasteiger charge is -1.97. The van der Waals surface area contributed by atoms with Crippen molar-refractivity contribution in [2.24, 2.45) is 5.92 Å². The van der Waals surface area contributed by atoms with Gasteiger partial charge in [-0.25, -0.2) is 4.98 Å². The Kier molecular flexibility index (Phi) is 7.55. The molecule has 0 saturated carbocycles. The molecule has 0 bridgehead atoms. The summed E-state index contributed by atoms with van der Waals surface area (Å²) in [5, 5.41) is 12.3. The number of halogens is 3. The zero-order valence-electron chi connectivity index (χ0n) is 11.1. The second-order valence-electron chi connectivity index (χ2n) is 4.07. The van der Waals surface area contributed by atoms with Crippen LogP contribution in [0.25, 0.3) is 0 Å². The van der Waals surface area contributed by atoms with E-state index in [-0.39, 0.29) is 5.92 Å². The molecular weight excluding hydrogens is 452 g/mol. The highest BCUT2D eigenvalue weighted by atomic mass is 79.9. The molecule has 3 nitrogen and oxygen atoms in total. The van der Waals surface area contributed by atoms with Gasteiger partial charge < -0.3 is 10.4 Å². The van der Waals surface area contributed by atoms with E-state index in [9.17, 15) is 5.11 Å². The van der Waals surface area contributed by atoms with Crippen LogP contribution in [0, 0.1) is 5.92 Å². The predicted molar refractivity (Wildman–Crippen MR) is 95.4 cm³/mol. The molecule has 0 amide bonds. The van der Waals surface area contributed by atoms with Crippen LogP contribution >= 0.6 is 47.8 Å². The molecule has 0 aliphatic heterocycles. The number of hydrogen-bond acceptors (Lipinski definition) is 3. The van der Waals surface area contributed by atoms with Crippen LogP contribution < -0.4 is 5.32 Å². The van der Waals surface area contributed by atoms with E-state index in [0.717, 1.165) is 14.8 Å². The zero-order chi connectivity index (χ0) is 15.1. The fourth-order valence-electron chi connectivity index (χ4n) is 1.39. The molecule has 1 unspecified atom stereocenters. The zero-order valence-corrected chi connectivity index (χ0v) is 15.8. The third kappa shape index (κ3) is 6.24. The van der Waals surface area contributed by atoms with Crippen LogP contribution in [0.2, 0.25) is 0 Å². The molecule has 1 aliphatic carbocycles. The number of allylic oxidation sites excluding steroid dienone is 5. The molecule has 1 aliphatic rings. The highest BCUT2D eigenvalue weighted by Crippen LogP contribution is 2.26. The minimum atomic E-state index is 0.260. The number of pyridine rings is 1. The Labute approximate surface area is 144 Å². The first-order valence-electron chi connectivity index (χ1n) is 5.87. The van der Waals surface area contributed by atoms with Crippen LogP contribution in [0.1, 0.15) is 6.92 Å². The summed E-state index contributed by atoms with van der Waals surface area (Å²) in [4.78, 5) is 4.04. The molecule has 0 radical (unpaired) electrons. The average molecular weight is 467 g/mol. The van der Waals surface area contributed by atoms with Crippen molar-refractivity contribution in [3.8, 4) is 0 Å².